The summed E-state index contributed by atoms with van der Waals surface area (Å²) in [6.07, 6.45) is 0. The molecule has 0 saturated carbocycles. The number of nitrogens with one attached hydrogen (secondary N) is 1. The van der Waals surface area contributed by atoms with Gasteiger partial charge in [-0.2, -0.15) is 12.7 Å². The van der Waals surface area contributed by atoms with Gasteiger partial charge in [0.2, 0.25) is 11.8 Å². The van der Waals surface area contributed by atoms with Crippen LogP contribution in [0.5, 0.6) is 0 Å². The Morgan fingerprint density at radius 2 is 1.56 bits per heavy atom. The van der Waals surface area contributed by atoms with Crippen LogP contribution in [0.15, 0.2) is 48.5 Å². The molecule has 0 aliphatic heterocycles. The highest BCUT2D eigenvalue weighted by Crippen LogP contribution is 2.24. The van der Waals surface area contributed by atoms with Gasteiger partial charge < -0.3 is 10.2 Å². The number of para-hydroxylation sites is 1. The van der Waals surface area contributed by atoms with E-state index in [1.54, 1.807) is 13.8 Å². The van der Waals surface area contributed by atoms with Crippen LogP contribution in [0.25, 0.3) is 0 Å². The van der Waals surface area contributed by atoms with E-state index in [4.69, 9.17) is 0 Å². The first-order chi connectivity index (χ1) is 15.8. The summed E-state index contributed by atoms with van der Waals surface area (Å²) >= 11 is 0. The molecule has 8 nitrogen and oxygen atoms in total. The third kappa shape index (κ3) is 6.73. The van der Waals surface area contributed by atoms with Crippen LogP contribution in [0.2, 0.25) is 0 Å². The molecule has 0 aliphatic carbocycles. The van der Waals surface area contributed by atoms with Crippen LogP contribution in [0.1, 0.15) is 26.3 Å². The van der Waals surface area contributed by atoms with E-state index in [-0.39, 0.29) is 18.3 Å². The summed E-state index contributed by atoms with van der Waals surface area (Å²) in [6, 6.07) is 9.40. The van der Waals surface area contributed by atoms with Crippen molar-refractivity contribution in [2.75, 3.05) is 24.9 Å². The second-order valence-corrected chi connectivity index (χ2v) is 10.3. The number of halogens is 2. The molecule has 0 saturated heterocycles. The first-order valence-corrected chi connectivity index (χ1v) is 12.0. The molecule has 1 atom stereocenters. The minimum absolute atomic E-state index is 0.0844. The number of rotatable bonds is 10. The lowest BCUT2D eigenvalue weighted by molar-refractivity contribution is -0.139. The zero-order valence-electron chi connectivity index (χ0n) is 19.8. The molecule has 2 aromatic carbocycles. The molecule has 2 rings (SSSR count). The van der Waals surface area contributed by atoms with Crippen molar-refractivity contribution in [3.05, 3.63) is 65.7 Å². The third-order valence-electron chi connectivity index (χ3n) is 5.00. The number of carbonyl (C=O) groups is 2. The molecule has 2 amide bonds. The molecule has 2 aromatic rings. The summed E-state index contributed by atoms with van der Waals surface area (Å²) in [5.74, 6) is -2.46. The van der Waals surface area contributed by atoms with Gasteiger partial charge in [0.05, 0.1) is 5.69 Å². The van der Waals surface area contributed by atoms with Crippen LogP contribution in [-0.2, 0) is 26.3 Å². The average Bonchev–Trinajstić information content (AvgIpc) is 2.76. The fraction of sp³-hybridized carbons (Fsp3) is 0.391. The highest BCUT2D eigenvalue weighted by atomic mass is 32.2. The Morgan fingerprint density at radius 3 is 2.09 bits per heavy atom. The second-order valence-electron chi connectivity index (χ2n) is 8.24. The van der Waals surface area contributed by atoms with Crippen LogP contribution in [0.4, 0.5) is 14.5 Å². The van der Waals surface area contributed by atoms with E-state index in [2.05, 4.69) is 5.32 Å². The third-order valence-corrected chi connectivity index (χ3v) is 6.81. The smallest absolute Gasteiger partial charge is 0.304 e. The second kappa shape index (κ2) is 11.4. The van der Waals surface area contributed by atoms with E-state index < -0.39 is 46.2 Å². The van der Waals surface area contributed by atoms with Crippen molar-refractivity contribution in [2.45, 2.75) is 39.4 Å². The van der Waals surface area contributed by atoms with Crippen LogP contribution >= 0.6 is 0 Å². The van der Waals surface area contributed by atoms with Crippen molar-refractivity contribution in [3.8, 4) is 0 Å². The number of anilines is 1. The van der Waals surface area contributed by atoms with Gasteiger partial charge in [0.25, 0.3) is 0 Å². The highest BCUT2D eigenvalue weighted by molar-refractivity contribution is 7.90. The summed E-state index contributed by atoms with van der Waals surface area (Å²) < 4.78 is 55.4. The fourth-order valence-corrected chi connectivity index (χ4v) is 4.19. The van der Waals surface area contributed by atoms with Gasteiger partial charge in [-0.25, -0.2) is 13.1 Å². The molecule has 0 bridgehead atoms. The Hall–Kier alpha value is -3.05. The van der Waals surface area contributed by atoms with E-state index >= 15 is 0 Å². The lowest BCUT2D eigenvalue weighted by Gasteiger charge is -2.33. The summed E-state index contributed by atoms with van der Waals surface area (Å²) in [6.45, 7) is 4.20. The van der Waals surface area contributed by atoms with E-state index in [0.717, 1.165) is 10.4 Å². The van der Waals surface area contributed by atoms with Crippen molar-refractivity contribution in [1.29, 1.82) is 0 Å². The normalized spacial score (nSPS) is 12.5. The molecule has 186 valence electrons. The largest absolute Gasteiger partial charge is 0.352 e. The Balaban J connectivity index is 2.46. The maximum absolute atomic E-state index is 14.6. The van der Waals surface area contributed by atoms with Gasteiger partial charge >= 0.3 is 10.2 Å². The van der Waals surface area contributed by atoms with Crippen molar-refractivity contribution in [1.82, 2.24) is 14.5 Å². The molecule has 0 fully saturated rings. The van der Waals surface area contributed by atoms with Crippen molar-refractivity contribution < 1.29 is 26.8 Å². The maximum atomic E-state index is 14.6. The Kier molecular flexibility index (Phi) is 9.11. The Morgan fingerprint density at radius 1 is 0.971 bits per heavy atom. The highest BCUT2D eigenvalue weighted by Gasteiger charge is 2.33. The first kappa shape index (κ1) is 27.2. The summed E-state index contributed by atoms with van der Waals surface area (Å²) in [4.78, 5) is 27.3. The van der Waals surface area contributed by atoms with Gasteiger partial charge in [-0.15, -0.1) is 0 Å². The minimum atomic E-state index is -4.26. The predicted octanol–water partition coefficient (Wildman–Crippen LogP) is 2.52. The van der Waals surface area contributed by atoms with Crippen molar-refractivity contribution in [3.63, 3.8) is 0 Å². The number of hydrogen-bond donors (Lipinski definition) is 1. The van der Waals surface area contributed by atoms with Crippen molar-refractivity contribution in [2.24, 2.45) is 0 Å². The SMILES string of the molecule is CC(C)NC(=O)[C@@H](C)N(Cc1ccc(F)cc1)C(=O)CN(c1ccccc1F)S(=O)(=O)N(C)C. The number of nitrogens with zero attached hydrogens (tertiary/aromatic N) is 3. The average molecular weight is 497 g/mol. The first-order valence-electron chi connectivity index (χ1n) is 10.6. The monoisotopic (exact) mass is 496 g/mol. The molecule has 34 heavy (non-hydrogen) atoms. The van der Waals surface area contributed by atoms with Gasteiger partial charge in [0.15, 0.2) is 0 Å². The van der Waals surface area contributed by atoms with Crippen LogP contribution < -0.4 is 9.62 Å². The molecule has 0 spiro atoms. The standard InChI is InChI=1S/C23H30F2N4O4S/c1-16(2)26-23(31)17(3)28(14-18-10-12-19(24)13-11-18)22(30)15-29(34(32,33)27(4)5)21-9-7-6-8-20(21)25/h6-13,16-17H,14-15H2,1-5H3,(H,26,31)/t17-/m1/s1. The predicted molar refractivity (Wildman–Crippen MR) is 126 cm³/mol. The van der Waals surface area contributed by atoms with Crippen LogP contribution in [0, 0.1) is 11.6 Å². The number of benzene rings is 2. The molecule has 1 N–H and O–H groups in total. The van der Waals surface area contributed by atoms with Crippen molar-refractivity contribution >= 4 is 27.7 Å². The molecular formula is C23H30F2N4O4S. The number of carbonyl (C=O) groups excluding carboxylic acids is 2. The lowest BCUT2D eigenvalue weighted by Crippen LogP contribution is -2.53. The maximum Gasteiger partial charge on any atom is 0.304 e. The van der Waals surface area contributed by atoms with Gasteiger partial charge in [-0.3, -0.25) is 9.59 Å². The van der Waals surface area contributed by atoms with E-state index in [1.165, 1.54) is 68.4 Å². The molecular weight excluding hydrogens is 466 g/mol. The van der Waals surface area contributed by atoms with Crippen LogP contribution in [0.3, 0.4) is 0 Å². The van der Waals surface area contributed by atoms with Gasteiger partial charge in [0, 0.05) is 26.7 Å². The molecule has 0 heterocycles. The van der Waals surface area contributed by atoms with Gasteiger partial charge in [-0.1, -0.05) is 24.3 Å². The Bertz CT molecular complexity index is 1110. The number of hydrogen-bond acceptors (Lipinski definition) is 4. The van der Waals surface area contributed by atoms with Gasteiger partial charge in [0.1, 0.15) is 24.2 Å². The fourth-order valence-electron chi connectivity index (χ4n) is 3.13. The topological polar surface area (TPSA) is 90.0 Å². The van der Waals surface area contributed by atoms with Gasteiger partial charge in [-0.05, 0) is 50.6 Å². The van der Waals surface area contributed by atoms with Crippen LogP contribution in [-0.4, -0.2) is 62.2 Å². The summed E-state index contributed by atoms with van der Waals surface area (Å²) in [5.41, 5.74) is 0.234. The lowest BCUT2D eigenvalue weighted by atomic mass is 10.1. The number of amides is 2. The van der Waals surface area contributed by atoms with E-state index in [9.17, 15) is 26.8 Å². The molecule has 0 aliphatic rings. The zero-order valence-corrected chi connectivity index (χ0v) is 20.6. The summed E-state index contributed by atoms with van der Waals surface area (Å²) in [7, 11) is -1.72. The Labute approximate surface area is 199 Å². The van der Waals surface area contributed by atoms with E-state index in [0.29, 0.717) is 9.87 Å². The quantitative estimate of drug-likeness (QED) is 0.547. The molecule has 0 radical (unpaired) electrons. The molecule has 11 heteroatoms. The minimum Gasteiger partial charge on any atom is -0.352 e. The summed E-state index contributed by atoms with van der Waals surface area (Å²) in [5, 5.41) is 2.72. The zero-order chi connectivity index (χ0) is 25.6. The molecule has 0 aromatic heterocycles. The molecule has 0 unspecified atom stereocenters. The van der Waals surface area contributed by atoms with E-state index in [1.807, 2.05) is 0 Å².